The summed E-state index contributed by atoms with van der Waals surface area (Å²) in [5, 5.41) is 27.4. The Kier molecular flexibility index (Phi) is 18.5. The number of carbonyl (C=O) groups excluding carboxylic acids is 3. The third kappa shape index (κ3) is 14.1. The number of benzene rings is 2. The first kappa shape index (κ1) is 41.6. The van der Waals surface area contributed by atoms with Gasteiger partial charge in [-0.05, 0) is 73.2 Å². The fourth-order valence-corrected chi connectivity index (χ4v) is 5.15. The van der Waals surface area contributed by atoms with Crippen molar-refractivity contribution in [1.29, 1.82) is 0 Å². The van der Waals surface area contributed by atoms with Gasteiger partial charge in [0, 0.05) is 12.0 Å². The second-order valence-corrected chi connectivity index (χ2v) is 12.2. The number of ether oxygens (including phenoxy) is 3. The largest absolute Gasteiger partial charge is 0.498 e. The van der Waals surface area contributed by atoms with E-state index in [-0.39, 0.29) is 12.3 Å². The van der Waals surface area contributed by atoms with Gasteiger partial charge in [0.15, 0.2) is 0 Å². The van der Waals surface area contributed by atoms with Crippen molar-refractivity contribution >= 4 is 24.8 Å². The van der Waals surface area contributed by atoms with Crippen molar-refractivity contribution in [2.24, 2.45) is 5.92 Å². The van der Waals surface area contributed by atoms with Gasteiger partial charge in [-0.25, -0.2) is 0 Å². The van der Waals surface area contributed by atoms with Crippen LogP contribution in [0.25, 0.3) is 0 Å². The van der Waals surface area contributed by atoms with E-state index < -0.39 is 43.4 Å². The van der Waals surface area contributed by atoms with Crippen molar-refractivity contribution < 1.29 is 38.6 Å². The zero-order valence-corrected chi connectivity index (χ0v) is 30.5. The first-order chi connectivity index (χ1) is 23.9. The summed E-state index contributed by atoms with van der Waals surface area (Å²) in [6.07, 6.45) is 5.99. The molecule has 0 radical (unpaired) electrons. The molecule has 0 saturated carbocycles. The quantitative estimate of drug-likeness (QED) is 0.143. The zero-order valence-electron chi connectivity index (χ0n) is 30.5. The van der Waals surface area contributed by atoms with E-state index in [1.807, 2.05) is 58.0 Å². The maximum absolute atomic E-state index is 13.8. The van der Waals surface area contributed by atoms with Gasteiger partial charge in [0.05, 0.1) is 32.6 Å². The molecule has 0 aliphatic heterocycles. The van der Waals surface area contributed by atoms with E-state index in [4.69, 9.17) is 14.2 Å². The van der Waals surface area contributed by atoms with Gasteiger partial charge in [-0.3, -0.25) is 14.4 Å². The highest BCUT2D eigenvalue weighted by Crippen LogP contribution is 2.29. The Morgan fingerprint density at radius 3 is 2.18 bits per heavy atom. The highest BCUT2D eigenvalue weighted by molar-refractivity contribution is 6.43. The lowest BCUT2D eigenvalue weighted by Gasteiger charge is -2.23. The molecule has 1 aliphatic carbocycles. The predicted molar refractivity (Wildman–Crippen MR) is 196 cm³/mol. The van der Waals surface area contributed by atoms with Crippen molar-refractivity contribution in [2.45, 2.75) is 85.6 Å². The molecule has 5 N–H and O–H groups in total. The van der Waals surface area contributed by atoms with Gasteiger partial charge in [-0.2, -0.15) is 0 Å². The molecule has 50 heavy (non-hydrogen) atoms. The number of amides is 3. The van der Waals surface area contributed by atoms with Crippen LogP contribution in [-0.2, 0) is 30.3 Å². The Balaban J connectivity index is 0.00000278. The molecule has 1 aliphatic rings. The third-order valence-electron chi connectivity index (χ3n) is 7.40. The molecule has 3 rings (SSSR count). The maximum Gasteiger partial charge on any atom is 0.475 e. The zero-order chi connectivity index (χ0) is 37.1. The summed E-state index contributed by atoms with van der Waals surface area (Å²) in [5.41, 5.74) is 2.04. The van der Waals surface area contributed by atoms with Crippen LogP contribution in [-0.4, -0.2) is 67.1 Å². The highest BCUT2D eigenvalue weighted by Gasteiger charge is 2.30. The molecule has 3 amide bonds. The van der Waals surface area contributed by atoms with E-state index in [2.05, 4.69) is 29.8 Å². The number of hydrogen-bond acceptors (Lipinski definition) is 8. The van der Waals surface area contributed by atoms with Crippen LogP contribution in [0.4, 0.5) is 0 Å². The van der Waals surface area contributed by atoms with Crippen LogP contribution < -0.4 is 20.7 Å². The standard InChI is InChI=1S/C35H46BN3O8.C3H8/c1-6-25-21-30(46-7-2)28(16-17-29(25)45-5)34(35(42)37-22-33(41)38-31(36(43)44)18-23(3)4)39-32(40)20-24-12-11-15-27(19-24)47-26-13-9-8-10-14-26;1-3-2/h8-17,19,23,31,34,43-44H,6-7,18,20-22H2,1-5H3,(H,37,42)(H,38,41)(H,39,40);3H2,1-2H3. The number of nitrogens with one attached hydrogen (secondary N) is 3. The number of rotatable bonds is 17. The number of hydrogen-bond donors (Lipinski definition) is 5. The molecule has 0 saturated heterocycles. The van der Waals surface area contributed by atoms with Gasteiger partial charge in [0.1, 0.15) is 29.1 Å². The van der Waals surface area contributed by atoms with Crippen LogP contribution in [0.2, 0.25) is 0 Å². The molecular weight excluding hydrogens is 637 g/mol. The fraction of sp³-hybridized carbons (Fsp3) is 0.447. The van der Waals surface area contributed by atoms with Crippen molar-refractivity contribution in [1.82, 2.24) is 16.0 Å². The van der Waals surface area contributed by atoms with E-state index in [9.17, 15) is 24.4 Å². The highest BCUT2D eigenvalue weighted by atomic mass is 16.5. The SMILES string of the molecule is CCC.CCOC1=C(C(NC(=O)Cc2cccc(Oc3ccccc3)c2)C(=O)NCC(=O)NC(CC(C)C)B(O)O)C=CC(OC)=C(CC)C1. The number of carbonyl (C=O) groups is 3. The second kappa shape index (κ2) is 22.2. The molecule has 0 spiro atoms. The van der Waals surface area contributed by atoms with E-state index in [1.54, 1.807) is 43.5 Å². The summed E-state index contributed by atoms with van der Waals surface area (Å²) in [6, 6.07) is 15.2. The average Bonchev–Trinajstić information content (AvgIpc) is 3.25. The Labute approximate surface area is 297 Å². The van der Waals surface area contributed by atoms with Crippen molar-refractivity contribution in [3.05, 3.63) is 95.0 Å². The Morgan fingerprint density at radius 2 is 1.58 bits per heavy atom. The molecule has 0 heterocycles. The predicted octanol–water partition coefficient (Wildman–Crippen LogP) is 5.14. The molecule has 272 valence electrons. The van der Waals surface area contributed by atoms with E-state index in [1.165, 1.54) is 6.42 Å². The normalized spacial score (nSPS) is 13.7. The van der Waals surface area contributed by atoms with Gasteiger partial charge in [-0.15, -0.1) is 0 Å². The van der Waals surface area contributed by atoms with E-state index in [0.29, 0.717) is 60.0 Å². The van der Waals surface area contributed by atoms with Crippen LogP contribution in [0, 0.1) is 5.92 Å². The number of methoxy groups -OCH3 is 1. The summed E-state index contributed by atoms with van der Waals surface area (Å²) in [6.45, 7) is 11.7. The van der Waals surface area contributed by atoms with Crippen molar-refractivity contribution in [2.75, 3.05) is 20.3 Å². The third-order valence-corrected chi connectivity index (χ3v) is 7.40. The van der Waals surface area contributed by atoms with Crippen LogP contribution in [0.3, 0.4) is 0 Å². The maximum atomic E-state index is 13.8. The Morgan fingerprint density at radius 1 is 0.900 bits per heavy atom. The molecule has 2 aromatic rings. The first-order valence-electron chi connectivity index (χ1n) is 17.3. The first-order valence-corrected chi connectivity index (χ1v) is 17.3. The van der Waals surface area contributed by atoms with Gasteiger partial charge in [0.2, 0.25) is 17.7 Å². The summed E-state index contributed by atoms with van der Waals surface area (Å²) >= 11 is 0. The van der Waals surface area contributed by atoms with Gasteiger partial charge < -0.3 is 40.2 Å². The van der Waals surface area contributed by atoms with Crippen molar-refractivity contribution in [3.63, 3.8) is 0 Å². The fourth-order valence-electron chi connectivity index (χ4n) is 5.15. The smallest absolute Gasteiger partial charge is 0.475 e. The number of para-hydroxylation sites is 1. The summed E-state index contributed by atoms with van der Waals surface area (Å²) in [7, 11) is -0.192. The van der Waals surface area contributed by atoms with Crippen LogP contribution >= 0.6 is 0 Å². The molecule has 2 atom stereocenters. The van der Waals surface area contributed by atoms with Crippen LogP contribution in [0.5, 0.6) is 11.5 Å². The van der Waals surface area contributed by atoms with Crippen LogP contribution in [0.15, 0.2) is 89.4 Å². The minimum Gasteiger partial charge on any atom is -0.498 e. The number of allylic oxidation sites excluding steroid dienone is 2. The van der Waals surface area contributed by atoms with Gasteiger partial charge >= 0.3 is 7.12 Å². The van der Waals surface area contributed by atoms with E-state index in [0.717, 1.165) is 5.57 Å². The molecular formula is C38H54BN3O8. The molecule has 0 bridgehead atoms. The Hall–Kier alpha value is -4.55. The second-order valence-electron chi connectivity index (χ2n) is 12.2. The van der Waals surface area contributed by atoms with Crippen LogP contribution in [0.1, 0.15) is 72.8 Å². The summed E-state index contributed by atoms with van der Waals surface area (Å²) in [5.74, 6) is -0.155. The van der Waals surface area contributed by atoms with E-state index >= 15 is 0 Å². The van der Waals surface area contributed by atoms with Gasteiger partial charge in [0.25, 0.3) is 0 Å². The molecule has 11 nitrogen and oxygen atoms in total. The lowest BCUT2D eigenvalue weighted by molar-refractivity contribution is -0.129. The molecule has 0 aromatic heterocycles. The minimum atomic E-state index is -1.76. The molecule has 0 fully saturated rings. The monoisotopic (exact) mass is 691 g/mol. The molecule has 2 aromatic carbocycles. The lowest BCUT2D eigenvalue weighted by Crippen LogP contribution is -2.53. The van der Waals surface area contributed by atoms with Crippen molar-refractivity contribution in [3.8, 4) is 11.5 Å². The molecule has 12 heteroatoms. The average molecular weight is 692 g/mol. The van der Waals surface area contributed by atoms with Gasteiger partial charge in [-0.1, -0.05) is 71.4 Å². The summed E-state index contributed by atoms with van der Waals surface area (Å²) in [4.78, 5) is 40.0. The topological polar surface area (TPSA) is 155 Å². The summed E-state index contributed by atoms with van der Waals surface area (Å²) < 4.78 is 17.5. The Bertz CT molecular complexity index is 1470. The molecule has 2 unspecified atom stereocenters. The lowest BCUT2D eigenvalue weighted by atomic mass is 9.75. The minimum absolute atomic E-state index is 0.0513.